The summed E-state index contributed by atoms with van der Waals surface area (Å²) in [6.45, 7) is 5.33. The third-order valence-electron chi connectivity index (χ3n) is 1.92. The number of carbonyl (C=O) groups excluding carboxylic acids is 1. The van der Waals surface area contributed by atoms with Gasteiger partial charge in [-0.2, -0.15) is 0 Å². The Kier molecular flexibility index (Phi) is 4.93. The van der Waals surface area contributed by atoms with Crippen LogP contribution in [0.4, 0.5) is 9.18 Å². The number of amides is 1. The molecule has 1 aromatic carbocycles. The van der Waals surface area contributed by atoms with E-state index < -0.39 is 17.5 Å². The molecule has 1 amide bonds. The standard InChI is InChI=1S/C12H16ClFN2O2/c1-12(2,3)18-11(17)16-15-7-8-9(13)5-4-6-10(8)14/h4-6,15H,7H2,1-3H3,(H,16,17). The molecular formula is C12H16ClFN2O2. The number of hydrazine groups is 1. The van der Waals surface area contributed by atoms with E-state index in [1.54, 1.807) is 26.8 Å². The molecule has 100 valence electrons. The van der Waals surface area contributed by atoms with Crippen molar-refractivity contribution in [3.05, 3.63) is 34.6 Å². The molecule has 0 fully saturated rings. The van der Waals surface area contributed by atoms with Crippen LogP contribution in [0.2, 0.25) is 5.02 Å². The largest absolute Gasteiger partial charge is 0.443 e. The van der Waals surface area contributed by atoms with E-state index in [0.29, 0.717) is 5.02 Å². The molecule has 4 nitrogen and oxygen atoms in total. The lowest BCUT2D eigenvalue weighted by Gasteiger charge is -2.19. The number of hydrogen-bond acceptors (Lipinski definition) is 3. The van der Waals surface area contributed by atoms with Crippen LogP contribution in [0.3, 0.4) is 0 Å². The Bertz CT molecular complexity index is 412. The minimum absolute atomic E-state index is 0.0742. The molecule has 0 aromatic heterocycles. The zero-order valence-electron chi connectivity index (χ0n) is 10.5. The molecule has 2 N–H and O–H groups in total. The molecule has 1 aromatic rings. The predicted molar refractivity (Wildman–Crippen MR) is 67.6 cm³/mol. The first kappa shape index (κ1) is 14.7. The summed E-state index contributed by atoms with van der Waals surface area (Å²) in [5, 5.41) is 0.300. The van der Waals surface area contributed by atoms with E-state index in [4.69, 9.17) is 16.3 Å². The summed E-state index contributed by atoms with van der Waals surface area (Å²) in [5.41, 5.74) is 4.57. The highest BCUT2D eigenvalue weighted by Gasteiger charge is 2.15. The van der Waals surface area contributed by atoms with Crippen LogP contribution in [0.1, 0.15) is 26.3 Å². The molecule has 0 aliphatic heterocycles. The first-order valence-corrected chi connectivity index (χ1v) is 5.82. The zero-order chi connectivity index (χ0) is 13.8. The van der Waals surface area contributed by atoms with Crippen LogP contribution in [-0.2, 0) is 11.3 Å². The lowest BCUT2D eigenvalue weighted by molar-refractivity contribution is 0.0496. The highest BCUT2D eigenvalue weighted by molar-refractivity contribution is 6.31. The topological polar surface area (TPSA) is 50.4 Å². The monoisotopic (exact) mass is 274 g/mol. The van der Waals surface area contributed by atoms with E-state index in [1.807, 2.05) is 0 Å². The van der Waals surface area contributed by atoms with Gasteiger partial charge < -0.3 is 4.74 Å². The van der Waals surface area contributed by atoms with Gasteiger partial charge in [0, 0.05) is 17.1 Å². The van der Waals surface area contributed by atoms with Gasteiger partial charge in [0.25, 0.3) is 0 Å². The average Bonchev–Trinajstić information content (AvgIpc) is 2.19. The number of carbonyl (C=O) groups is 1. The predicted octanol–water partition coefficient (Wildman–Crippen LogP) is 3.01. The van der Waals surface area contributed by atoms with E-state index in [0.717, 1.165) is 0 Å². The van der Waals surface area contributed by atoms with Crippen LogP contribution in [0, 0.1) is 5.82 Å². The van der Waals surface area contributed by atoms with Crippen molar-refractivity contribution < 1.29 is 13.9 Å². The molecular weight excluding hydrogens is 259 g/mol. The third-order valence-corrected chi connectivity index (χ3v) is 2.27. The maximum absolute atomic E-state index is 13.4. The maximum Gasteiger partial charge on any atom is 0.422 e. The SMILES string of the molecule is CC(C)(C)OC(=O)NNCc1c(F)cccc1Cl. The number of hydrogen-bond donors (Lipinski definition) is 2. The van der Waals surface area contributed by atoms with Gasteiger partial charge >= 0.3 is 6.09 Å². The number of rotatable bonds is 3. The van der Waals surface area contributed by atoms with Crippen molar-refractivity contribution >= 4 is 17.7 Å². The normalized spacial score (nSPS) is 11.2. The third kappa shape index (κ3) is 4.89. The Labute approximate surface area is 110 Å². The van der Waals surface area contributed by atoms with Crippen molar-refractivity contribution in [3.8, 4) is 0 Å². The van der Waals surface area contributed by atoms with Gasteiger partial charge in [-0.05, 0) is 32.9 Å². The molecule has 0 saturated carbocycles. The fraction of sp³-hybridized carbons (Fsp3) is 0.417. The molecule has 0 atom stereocenters. The van der Waals surface area contributed by atoms with Gasteiger partial charge in [-0.15, -0.1) is 0 Å². The van der Waals surface area contributed by atoms with E-state index in [9.17, 15) is 9.18 Å². The molecule has 0 spiro atoms. The Morgan fingerprint density at radius 2 is 2.11 bits per heavy atom. The van der Waals surface area contributed by atoms with Crippen molar-refractivity contribution in [2.75, 3.05) is 0 Å². The Hall–Kier alpha value is -1.33. The van der Waals surface area contributed by atoms with Crippen molar-refractivity contribution in [3.63, 3.8) is 0 Å². The lowest BCUT2D eigenvalue weighted by Crippen LogP contribution is -2.40. The first-order chi connectivity index (χ1) is 8.29. The Balaban J connectivity index is 2.45. The number of halogens is 2. The molecule has 6 heteroatoms. The molecule has 18 heavy (non-hydrogen) atoms. The highest BCUT2D eigenvalue weighted by Crippen LogP contribution is 2.18. The number of benzene rings is 1. The molecule has 0 bridgehead atoms. The quantitative estimate of drug-likeness (QED) is 0.833. The van der Waals surface area contributed by atoms with E-state index in [1.165, 1.54) is 12.1 Å². The Morgan fingerprint density at radius 1 is 1.44 bits per heavy atom. The summed E-state index contributed by atoms with van der Waals surface area (Å²) in [4.78, 5) is 11.3. The smallest absolute Gasteiger partial charge is 0.422 e. The van der Waals surface area contributed by atoms with Crippen LogP contribution in [0.25, 0.3) is 0 Å². The van der Waals surface area contributed by atoms with Crippen molar-refractivity contribution in [2.24, 2.45) is 0 Å². The molecule has 0 unspecified atom stereocenters. The molecule has 1 rings (SSSR count). The molecule has 0 saturated heterocycles. The second-order valence-corrected chi connectivity index (χ2v) is 5.09. The van der Waals surface area contributed by atoms with Gasteiger partial charge in [0.2, 0.25) is 0 Å². The van der Waals surface area contributed by atoms with Gasteiger partial charge in [0.15, 0.2) is 0 Å². The average molecular weight is 275 g/mol. The lowest BCUT2D eigenvalue weighted by atomic mass is 10.2. The van der Waals surface area contributed by atoms with Crippen LogP contribution >= 0.6 is 11.6 Å². The van der Waals surface area contributed by atoms with E-state index in [2.05, 4.69) is 10.9 Å². The number of nitrogens with one attached hydrogen (secondary N) is 2. The van der Waals surface area contributed by atoms with Gasteiger partial charge in [0.05, 0.1) is 0 Å². The fourth-order valence-corrected chi connectivity index (χ4v) is 1.44. The van der Waals surface area contributed by atoms with Crippen LogP contribution in [-0.4, -0.2) is 11.7 Å². The summed E-state index contributed by atoms with van der Waals surface area (Å²) in [6, 6.07) is 4.40. The summed E-state index contributed by atoms with van der Waals surface area (Å²) < 4.78 is 18.4. The molecule has 0 aliphatic carbocycles. The van der Waals surface area contributed by atoms with Gasteiger partial charge in [-0.3, -0.25) is 5.43 Å². The van der Waals surface area contributed by atoms with E-state index >= 15 is 0 Å². The molecule has 0 aliphatic rings. The van der Waals surface area contributed by atoms with Crippen molar-refractivity contribution in [1.29, 1.82) is 0 Å². The van der Waals surface area contributed by atoms with Crippen LogP contribution in [0.15, 0.2) is 18.2 Å². The minimum atomic E-state index is -0.630. The second kappa shape index (κ2) is 6.02. The van der Waals surface area contributed by atoms with Crippen molar-refractivity contribution in [2.45, 2.75) is 32.9 Å². The summed E-state index contributed by atoms with van der Waals surface area (Å²) in [6.07, 6.45) is -0.630. The maximum atomic E-state index is 13.4. The van der Waals surface area contributed by atoms with Crippen molar-refractivity contribution in [1.82, 2.24) is 10.9 Å². The second-order valence-electron chi connectivity index (χ2n) is 4.68. The van der Waals surface area contributed by atoms with Gasteiger partial charge in [0.1, 0.15) is 11.4 Å². The Morgan fingerprint density at radius 3 is 2.67 bits per heavy atom. The van der Waals surface area contributed by atoms with Gasteiger partial charge in [-0.1, -0.05) is 17.7 Å². The fourth-order valence-electron chi connectivity index (χ4n) is 1.21. The summed E-state index contributed by atoms with van der Waals surface area (Å²) >= 11 is 5.83. The first-order valence-electron chi connectivity index (χ1n) is 5.44. The van der Waals surface area contributed by atoms with Crippen LogP contribution < -0.4 is 10.9 Å². The summed E-state index contributed by atoms with van der Waals surface area (Å²) in [7, 11) is 0. The molecule has 0 radical (unpaired) electrons. The highest BCUT2D eigenvalue weighted by atomic mass is 35.5. The summed E-state index contributed by atoms with van der Waals surface area (Å²) in [5.74, 6) is -0.430. The molecule has 0 heterocycles. The van der Waals surface area contributed by atoms with Gasteiger partial charge in [-0.25, -0.2) is 14.6 Å². The van der Waals surface area contributed by atoms with Crippen LogP contribution in [0.5, 0.6) is 0 Å². The minimum Gasteiger partial charge on any atom is -0.443 e. The van der Waals surface area contributed by atoms with E-state index in [-0.39, 0.29) is 12.1 Å². The zero-order valence-corrected chi connectivity index (χ0v) is 11.3. The number of ether oxygens (including phenoxy) is 1.